The highest BCUT2D eigenvalue weighted by Gasteiger charge is 2.37. The number of rotatable bonds is 5. The predicted octanol–water partition coefficient (Wildman–Crippen LogP) is 3.42. The van der Waals surface area contributed by atoms with Gasteiger partial charge in [0.25, 0.3) is 5.91 Å². The maximum absolute atomic E-state index is 13.8. The monoisotopic (exact) mass is 505 g/mol. The molecular weight excluding hydrogens is 470 g/mol. The average molecular weight is 506 g/mol. The number of aldehydes is 1. The maximum Gasteiger partial charge on any atom is 0.320 e. The number of aryl methyl sites for hydroxylation is 2. The van der Waals surface area contributed by atoms with Crippen LogP contribution in [0.2, 0.25) is 0 Å². The molecular formula is C28H35N5O4. The van der Waals surface area contributed by atoms with Crippen LogP contribution in [0.5, 0.6) is 0 Å². The van der Waals surface area contributed by atoms with Crippen molar-refractivity contribution >= 4 is 35.5 Å². The topological polar surface area (TPSA) is 111 Å². The first-order chi connectivity index (χ1) is 17.9. The van der Waals surface area contributed by atoms with E-state index < -0.39 is 24.1 Å². The largest absolute Gasteiger partial charge is 0.341 e. The quantitative estimate of drug-likeness (QED) is 0.540. The summed E-state index contributed by atoms with van der Waals surface area (Å²) in [6.45, 7) is 4.92. The standard InChI is InChI=1S/C28H35N5O4/c1-19-10-8-12-21(16-19)29-28(37)31-26-27(36)33(17-24(35)32-14-6-4-3-5-7-15-32)25-20(2)11-9-13-22(25)23(18-34)30-26/h8-13,16,18,23,26,30H,3-7,14-15,17H2,1-2H3,(H2,29,31,37). The number of hydrogen-bond donors (Lipinski definition) is 3. The average Bonchev–Trinajstić information content (AvgIpc) is 2.94. The van der Waals surface area contributed by atoms with Crippen molar-refractivity contribution < 1.29 is 19.2 Å². The molecule has 2 aromatic carbocycles. The molecule has 4 rings (SSSR count). The first kappa shape index (κ1) is 26.3. The van der Waals surface area contributed by atoms with E-state index in [-0.39, 0.29) is 12.5 Å². The van der Waals surface area contributed by atoms with Crippen molar-refractivity contribution in [1.29, 1.82) is 0 Å². The van der Waals surface area contributed by atoms with Gasteiger partial charge < -0.3 is 20.3 Å². The van der Waals surface area contributed by atoms with Crippen LogP contribution in [-0.2, 0) is 14.4 Å². The number of carbonyl (C=O) groups is 4. The Kier molecular flexibility index (Phi) is 8.55. The van der Waals surface area contributed by atoms with Crippen molar-refractivity contribution in [3.05, 3.63) is 59.2 Å². The summed E-state index contributed by atoms with van der Waals surface area (Å²) in [7, 11) is 0. The summed E-state index contributed by atoms with van der Waals surface area (Å²) in [4.78, 5) is 55.4. The lowest BCUT2D eigenvalue weighted by Crippen LogP contribution is -2.57. The van der Waals surface area contributed by atoms with E-state index in [1.165, 1.54) is 11.3 Å². The molecule has 2 heterocycles. The summed E-state index contributed by atoms with van der Waals surface area (Å²) in [5, 5.41) is 8.36. The number of para-hydroxylation sites is 1. The van der Waals surface area contributed by atoms with E-state index in [2.05, 4.69) is 16.0 Å². The van der Waals surface area contributed by atoms with Crippen molar-refractivity contribution in [1.82, 2.24) is 15.5 Å². The van der Waals surface area contributed by atoms with E-state index in [0.29, 0.717) is 36.3 Å². The van der Waals surface area contributed by atoms with Gasteiger partial charge in [0.15, 0.2) is 6.17 Å². The molecule has 2 unspecified atom stereocenters. The highest BCUT2D eigenvalue weighted by atomic mass is 16.2. The molecule has 0 radical (unpaired) electrons. The minimum absolute atomic E-state index is 0.142. The second-order valence-corrected chi connectivity index (χ2v) is 9.77. The van der Waals surface area contributed by atoms with Crippen molar-refractivity contribution in [2.75, 3.05) is 29.9 Å². The Morgan fingerprint density at radius 3 is 2.43 bits per heavy atom. The first-order valence-electron chi connectivity index (χ1n) is 12.9. The lowest BCUT2D eigenvalue weighted by molar-refractivity contribution is -0.132. The number of amides is 4. The summed E-state index contributed by atoms with van der Waals surface area (Å²) in [5.41, 5.74) is 3.44. The Bertz CT molecular complexity index is 1160. The lowest BCUT2D eigenvalue weighted by Gasteiger charge is -2.30. The third-order valence-corrected chi connectivity index (χ3v) is 6.92. The molecule has 2 atom stereocenters. The second-order valence-electron chi connectivity index (χ2n) is 9.77. The highest BCUT2D eigenvalue weighted by molar-refractivity contribution is 6.05. The van der Waals surface area contributed by atoms with E-state index in [0.717, 1.165) is 36.8 Å². The molecule has 0 aliphatic carbocycles. The highest BCUT2D eigenvalue weighted by Crippen LogP contribution is 2.32. The molecule has 37 heavy (non-hydrogen) atoms. The SMILES string of the molecule is Cc1cccc(NC(=O)NC2NC(C=O)c3cccc(C)c3N(CC(=O)N3CCCCCCC3)C2=O)c1. The zero-order valence-corrected chi connectivity index (χ0v) is 21.5. The van der Waals surface area contributed by atoms with Gasteiger partial charge in [-0.2, -0.15) is 0 Å². The molecule has 1 saturated heterocycles. The normalized spacial score (nSPS) is 20.2. The van der Waals surface area contributed by atoms with Gasteiger partial charge >= 0.3 is 6.03 Å². The van der Waals surface area contributed by atoms with E-state index in [4.69, 9.17) is 0 Å². The van der Waals surface area contributed by atoms with Gasteiger partial charge in [0.2, 0.25) is 5.91 Å². The number of nitrogens with zero attached hydrogens (tertiary/aromatic N) is 2. The molecule has 0 saturated carbocycles. The minimum atomic E-state index is -1.22. The Morgan fingerprint density at radius 1 is 1.03 bits per heavy atom. The van der Waals surface area contributed by atoms with Gasteiger partial charge in [0.05, 0.1) is 11.7 Å². The van der Waals surface area contributed by atoms with E-state index in [9.17, 15) is 19.2 Å². The molecule has 9 heteroatoms. The molecule has 2 aliphatic heterocycles. The molecule has 3 N–H and O–H groups in total. The number of benzene rings is 2. The second kappa shape index (κ2) is 12.0. The third-order valence-electron chi connectivity index (χ3n) is 6.92. The maximum atomic E-state index is 13.8. The van der Waals surface area contributed by atoms with Crippen LogP contribution in [0.1, 0.15) is 54.8 Å². The summed E-state index contributed by atoms with van der Waals surface area (Å²) < 4.78 is 0. The molecule has 0 bridgehead atoms. The fourth-order valence-corrected chi connectivity index (χ4v) is 5.03. The number of urea groups is 1. The van der Waals surface area contributed by atoms with Crippen LogP contribution < -0.4 is 20.9 Å². The summed E-state index contributed by atoms with van der Waals surface area (Å²) >= 11 is 0. The smallest absolute Gasteiger partial charge is 0.320 e. The number of hydrogen-bond acceptors (Lipinski definition) is 5. The molecule has 0 aromatic heterocycles. The van der Waals surface area contributed by atoms with Crippen molar-refractivity contribution in [2.45, 2.75) is 58.2 Å². The summed E-state index contributed by atoms with van der Waals surface area (Å²) in [6, 6.07) is 11.3. The number of nitrogens with one attached hydrogen (secondary N) is 3. The Hall–Kier alpha value is -3.72. The van der Waals surface area contributed by atoms with Gasteiger partial charge in [-0.1, -0.05) is 49.6 Å². The van der Waals surface area contributed by atoms with Crippen LogP contribution in [-0.4, -0.2) is 54.8 Å². The summed E-state index contributed by atoms with van der Waals surface area (Å²) in [5.74, 6) is -0.642. The van der Waals surface area contributed by atoms with Gasteiger partial charge in [-0.15, -0.1) is 0 Å². The molecule has 2 aliphatic rings. The molecule has 2 aromatic rings. The van der Waals surface area contributed by atoms with Crippen molar-refractivity contribution in [2.24, 2.45) is 0 Å². The Morgan fingerprint density at radius 2 is 1.73 bits per heavy atom. The van der Waals surface area contributed by atoms with Gasteiger partial charge in [-0.3, -0.25) is 19.8 Å². The molecule has 9 nitrogen and oxygen atoms in total. The van der Waals surface area contributed by atoms with Gasteiger partial charge in [-0.05, 0) is 49.9 Å². The predicted molar refractivity (Wildman–Crippen MR) is 142 cm³/mol. The number of carbonyl (C=O) groups excluding carboxylic acids is 4. The van der Waals surface area contributed by atoms with Crippen LogP contribution in [0.15, 0.2) is 42.5 Å². The van der Waals surface area contributed by atoms with Gasteiger partial charge in [-0.25, -0.2) is 4.79 Å². The van der Waals surface area contributed by atoms with Gasteiger partial charge in [0, 0.05) is 24.3 Å². The first-order valence-corrected chi connectivity index (χ1v) is 12.9. The zero-order chi connectivity index (χ0) is 26.4. The Labute approximate surface area is 217 Å². The van der Waals surface area contributed by atoms with Crippen molar-refractivity contribution in [3.8, 4) is 0 Å². The van der Waals surface area contributed by atoms with Gasteiger partial charge in [0.1, 0.15) is 12.8 Å². The third kappa shape index (κ3) is 6.35. The number of fused-ring (bicyclic) bond motifs is 1. The van der Waals surface area contributed by atoms with E-state index >= 15 is 0 Å². The summed E-state index contributed by atoms with van der Waals surface area (Å²) in [6.07, 6.45) is 4.72. The number of anilines is 2. The Balaban J connectivity index is 1.61. The van der Waals surface area contributed by atoms with E-state index in [1.807, 2.05) is 49.1 Å². The van der Waals surface area contributed by atoms with Crippen LogP contribution in [0, 0.1) is 13.8 Å². The van der Waals surface area contributed by atoms with E-state index in [1.54, 1.807) is 12.1 Å². The fraction of sp³-hybridized carbons (Fsp3) is 0.429. The fourth-order valence-electron chi connectivity index (χ4n) is 5.03. The zero-order valence-electron chi connectivity index (χ0n) is 21.5. The van der Waals surface area contributed by atoms with Crippen LogP contribution >= 0.6 is 0 Å². The molecule has 196 valence electrons. The van der Waals surface area contributed by atoms with Crippen LogP contribution in [0.4, 0.5) is 16.2 Å². The van der Waals surface area contributed by atoms with Crippen LogP contribution in [0.3, 0.4) is 0 Å². The molecule has 4 amide bonds. The molecule has 1 fully saturated rings. The molecule has 0 spiro atoms. The number of likely N-dealkylation sites (tertiary alicyclic amines) is 1. The minimum Gasteiger partial charge on any atom is -0.341 e. The lowest BCUT2D eigenvalue weighted by atomic mass is 10.0. The van der Waals surface area contributed by atoms with Crippen molar-refractivity contribution in [3.63, 3.8) is 0 Å². The van der Waals surface area contributed by atoms with Crippen LogP contribution in [0.25, 0.3) is 0 Å².